The maximum Gasteiger partial charge on any atom is 0.0940 e. The average Bonchev–Trinajstić information content (AvgIpc) is 2.72. The van der Waals surface area contributed by atoms with Crippen molar-refractivity contribution in [3.63, 3.8) is 0 Å². The largest absolute Gasteiger partial charge is 0.330 e. The molecule has 0 bridgehead atoms. The number of rotatable bonds is 4. The van der Waals surface area contributed by atoms with Crippen LogP contribution in [-0.4, -0.2) is 11.5 Å². The molecule has 0 aliphatic rings. The number of aromatic nitrogens is 1. The van der Waals surface area contributed by atoms with Crippen molar-refractivity contribution in [2.45, 2.75) is 26.7 Å². The molecule has 3 heteroatoms. The second kappa shape index (κ2) is 5.43. The van der Waals surface area contributed by atoms with E-state index in [2.05, 4.69) is 37.0 Å². The van der Waals surface area contributed by atoms with Gasteiger partial charge in [-0.05, 0) is 31.5 Å². The van der Waals surface area contributed by atoms with Gasteiger partial charge in [-0.25, -0.2) is 4.98 Å². The molecular formula is C14H18N2S. The predicted octanol–water partition coefficient (Wildman–Crippen LogP) is 2.85. The highest BCUT2D eigenvalue weighted by Crippen LogP contribution is 2.20. The smallest absolute Gasteiger partial charge is 0.0940 e. The first-order valence-corrected chi connectivity index (χ1v) is 6.70. The molecule has 0 atom stereocenters. The summed E-state index contributed by atoms with van der Waals surface area (Å²) in [4.78, 5) is 5.71. The van der Waals surface area contributed by atoms with Crippen LogP contribution in [0.25, 0.3) is 0 Å². The fourth-order valence-electron chi connectivity index (χ4n) is 1.85. The lowest BCUT2D eigenvalue weighted by Crippen LogP contribution is -2.01. The summed E-state index contributed by atoms with van der Waals surface area (Å²) in [5.74, 6) is 0. The van der Waals surface area contributed by atoms with Crippen LogP contribution in [0.3, 0.4) is 0 Å². The molecule has 0 aliphatic carbocycles. The standard InChI is InChI=1S/C14H18N2S/c1-10-3-4-11(2)12(7-10)8-13-9-16-14(17-13)5-6-15/h3-4,7,9H,5-6,8,15H2,1-2H3. The fourth-order valence-corrected chi connectivity index (χ4v) is 2.81. The van der Waals surface area contributed by atoms with E-state index in [0.717, 1.165) is 17.8 Å². The molecule has 0 aliphatic heterocycles. The SMILES string of the molecule is Cc1ccc(C)c(Cc2cnc(CCN)s2)c1. The minimum absolute atomic E-state index is 0.677. The Morgan fingerprint density at radius 3 is 2.88 bits per heavy atom. The van der Waals surface area contributed by atoms with Crippen LogP contribution < -0.4 is 5.73 Å². The number of hydrogen-bond acceptors (Lipinski definition) is 3. The molecule has 90 valence electrons. The van der Waals surface area contributed by atoms with Gasteiger partial charge in [0, 0.05) is 23.9 Å². The van der Waals surface area contributed by atoms with Gasteiger partial charge in [0.1, 0.15) is 0 Å². The molecule has 1 aromatic carbocycles. The van der Waals surface area contributed by atoms with Gasteiger partial charge in [0.15, 0.2) is 0 Å². The van der Waals surface area contributed by atoms with Crippen molar-refractivity contribution in [1.29, 1.82) is 0 Å². The Balaban J connectivity index is 2.16. The van der Waals surface area contributed by atoms with Crippen molar-refractivity contribution < 1.29 is 0 Å². The zero-order chi connectivity index (χ0) is 12.3. The van der Waals surface area contributed by atoms with Crippen molar-refractivity contribution in [2.75, 3.05) is 6.54 Å². The predicted molar refractivity (Wildman–Crippen MR) is 73.6 cm³/mol. The van der Waals surface area contributed by atoms with Crippen LogP contribution in [0.5, 0.6) is 0 Å². The molecule has 2 rings (SSSR count). The minimum Gasteiger partial charge on any atom is -0.330 e. The highest BCUT2D eigenvalue weighted by molar-refractivity contribution is 7.11. The molecule has 0 amide bonds. The van der Waals surface area contributed by atoms with E-state index in [1.54, 1.807) is 11.3 Å². The summed E-state index contributed by atoms with van der Waals surface area (Å²) < 4.78 is 0. The van der Waals surface area contributed by atoms with E-state index in [1.165, 1.54) is 21.6 Å². The molecule has 1 aromatic heterocycles. The number of nitrogens with two attached hydrogens (primary N) is 1. The molecule has 0 spiro atoms. The van der Waals surface area contributed by atoms with Crippen molar-refractivity contribution >= 4 is 11.3 Å². The van der Waals surface area contributed by atoms with Gasteiger partial charge in [-0.3, -0.25) is 0 Å². The zero-order valence-electron chi connectivity index (χ0n) is 10.4. The molecule has 1 heterocycles. The summed E-state index contributed by atoms with van der Waals surface area (Å²) in [7, 11) is 0. The molecule has 2 nitrogen and oxygen atoms in total. The average molecular weight is 246 g/mol. The van der Waals surface area contributed by atoms with Crippen LogP contribution in [0.1, 0.15) is 26.6 Å². The summed E-state index contributed by atoms with van der Waals surface area (Å²) in [6.07, 6.45) is 3.85. The van der Waals surface area contributed by atoms with Crippen LogP contribution >= 0.6 is 11.3 Å². The Morgan fingerprint density at radius 2 is 2.12 bits per heavy atom. The monoisotopic (exact) mass is 246 g/mol. The number of nitrogens with zero attached hydrogens (tertiary/aromatic N) is 1. The first-order valence-electron chi connectivity index (χ1n) is 5.89. The van der Waals surface area contributed by atoms with E-state index in [-0.39, 0.29) is 0 Å². The van der Waals surface area contributed by atoms with Gasteiger partial charge in [0.25, 0.3) is 0 Å². The maximum atomic E-state index is 5.53. The second-order valence-electron chi connectivity index (χ2n) is 4.37. The van der Waals surface area contributed by atoms with Gasteiger partial charge in [-0.2, -0.15) is 0 Å². The normalized spacial score (nSPS) is 10.8. The highest BCUT2D eigenvalue weighted by Gasteiger charge is 2.05. The second-order valence-corrected chi connectivity index (χ2v) is 5.57. The Kier molecular flexibility index (Phi) is 3.92. The third kappa shape index (κ3) is 3.14. The van der Waals surface area contributed by atoms with Crippen molar-refractivity contribution in [3.05, 3.63) is 51.0 Å². The van der Waals surface area contributed by atoms with Crippen LogP contribution in [0.15, 0.2) is 24.4 Å². The van der Waals surface area contributed by atoms with E-state index in [1.807, 2.05) is 6.20 Å². The minimum atomic E-state index is 0.677. The summed E-state index contributed by atoms with van der Waals surface area (Å²) in [5.41, 5.74) is 9.60. The van der Waals surface area contributed by atoms with E-state index in [9.17, 15) is 0 Å². The number of hydrogen-bond donors (Lipinski definition) is 1. The van der Waals surface area contributed by atoms with Crippen molar-refractivity contribution in [2.24, 2.45) is 5.73 Å². The first kappa shape index (κ1) is 12.3. The lowest BCUT2D eigenvalue weighted by atomic mass is 10.0. The van der Waals surface area contributed by atoms with Crippen molar-refractivity contribution in [1.82, 2.24) is 4.98 Å². The topological polar surface area (TPSA) is 38.9 Å². The van der Waals surface area contributed by atoms with Crippen LogP contribution in [-0.2, 0) is 12.8 Å². The highest BCUT2D eigenvalue weighted by atomic mass is 32.1. The van der Waals surface area contributed by atoms with E-state index in [0.29, 0.717) is 6.54 Å². The molecule has 0 saturated carbocycles. The van der Waals surface area contributed by atoms with Gasteiger partial charge in [0.2, 0.25) is 0 Å². The summed E-state index contributed by atoms with van der Waals surface area (Å²) in [5, 5.41) is 1.15. The van der Waals surface area contributed by atoms with Crippen LogP contribution in [0.2, 0.25) is 0 Å². The molecular weight excluding hydrogens is 228 g/mol. The van der Waals surface area contributed by atoms with Crippen LogP contribution in [0.4, 0.5) is 0 Å². The fraction of sp³-hybridized carbons (Fsp3) is 0.357. The summed E-state index contributed by atoms with van der Waals surface area (Å²) >= 11 is 1.78. The quantitative estimate of drug-likeness (QED) is 0.901. The molecule has 2 aromatic rings. The summed E-state index contributed by atoms with van der Waals surface area (Å²) in [6, 6.07) is 6.61. The molecule has 0 saturated heterocycles. The third-order valence-electron chi connectivity index (χ3n) is 2.83. The van der Waals surface area contributed by atoms with E-state index < -0.39 is 0 Å². The molecule has 2 N–H and O–H groups in total. The third-order valence-corrected chi connectivity index (χ3v) is 3.89. The molecule has 0 radical (unpaired) electrons. The molecule has 17 heavy (non-hydrogen) atoms. The van der Waals surface area contributed by atoms with Gasteiger partial charge in [0.05, 0.1) is 5.01 Å². The first-order chi connectivity index (χ1) is 8.19. The Hall–Kier alpha value is -1.19. The van der Waals surface area contributed by atoms with Gasteiger partial charge >= 0.3 is 0 Å². The number of benzene rings is 1. The van der Waals surface area contributed by atoms with Gasteiger partial charge < -0.3 is 5.73 Å². The van der Waals surface area contributed by atoms with Crippen molar-refractivity contribution in [3.8, 4) is 0 Å². The maximum absolute atomic E-state index is 5.53. The Bertz CT molecular complexity index is 503. The Morgan fingerprint density at radius 1 is 1.29 bits per heavy atom. The van der Waals surface area contributed by atoms with E-state index >= 15 is 0 Å². The van der Waals surface area contributed by atoms with Gasteiger partial charge in [-0.1, -0.05) is 23.8 Å². The zero-order valence-corrected chi connectivity index (χ0v) is 11.2. The molecule has 0 fully saturated rings. The lowest BCUT2D eigenvalue weighted by Gasteiger charge is -2.05. The van der Waals surface area contributed by atoms with Crippen LogP contribution in [0, 0.1) is 13.8 Å². The summed E-state index contributed by atoms with van der Waals surface area (Å²) in [6.45, 7) is 4.97. The van der Waals surface area contributed by atoms with E-state index in [4.69, 9.17) is 5.73 Å². The Labute approximate surface area is 107 Å². The number of aryl methyl sites for hydroxylation is 2. The lowest BCUT2D eigenvalue weighted by molar-refractivity contribution is 0.952. The molecule has 0 unspecified atom stereocenters. The van der Waals surface area contributed by atoms with Gasteiger partial charge in [-0.15, -0.1) is 11.3 Å². The number of thiazole rings is 1.